The van der Waals surface area contributed by atoms with Crippen LogP contribution in [0.4, 0.5) is 23.2 Å². The van der Waals surface area contributed by atoms with Gasteiger partial charge in [0.05, 0.1) is 10.6 Å². The Hall–Kier alpha value is -1.82. The maximum Gasteiger partial charge on any atom is 0.417 e. The van der Waals surface area contributed by atoms with Crippen LogP contribution >= 0.6 is 11.6 Å². The van der Waals surface area contributed by atoms with Gasteiger partial charge in [0, 0.05) is 25.0 Å². The van der Waals surface area contributed by atoms with Gasteiger partial charge in [-0.15, -0.1) is 0 Å². The Balaban J connectivity index is 1.88. The lowest BCUT2D eigenvalue weighted by molar-refractivity contribution is -0.137. The van der Waals surface area contributed by atoms with Crippen LogP contribution in [0.3, 0.4) is 0 Å². The van der Waals surface area contributed by atoms with Crippen LogP contribution in [0.2, 0.25) is 5.02 Å². The summed E-state index contributed by atoms with van der Waals surface area (Å²) < 4.78 is 51.3. The molecule has 1 aromatic carbocycles. The van der Waals surface area contributed by atoms with Crippen LogP contribution in [0.5, 0.6) is 0 Å². The van der Waals surface area contributed by atoms with E-state index >= 15 is 0 Å². The molecule has 0 N–H and O–H groups in total. The van der Waals surface area contributed by atoms with Gasteiger partial charge >= 0.3 is 6.18 Å². The number of hydrogen-bond donors (Lipinski definition) is 0. The molecule has 0 saturated carbocycles. The third kappa shape index (κ3) is 2.88. The second kappa shape index (κ2) is 5.43. The van der Waals surface area contributed by atoms with E-state index in [0.717, 1.165) is 17.2 Å². The molecular weight excluding hydrogens is 320 g/mol. The van der Waals surface area contributed by atoms with Gasteiger partial charge in [-0.3, -0.25) is 0 Å². The Kier molecular flexibility index (Phi) is 3.72. The Morgan fingerprint density at radius 3 is 2.59 bits per heavy atom. The van der Waals surface area contributed by atoms with Gasteiger partial charge in [-0.25, -0.2) is 4.98 Å². The fourth-order valence-corrected chi connectivity index (χ4v) is 2.84. The number of anilines is 1. The summed E-state index contributed by atoms with van der Waals surface area (Å²) in [6, 6.07) is 5.01. The molecule has 0 spiro atoms. The third-order valence-electron chi connectivity index (χ3n) is 3.68. The number of halogens is 5. The number of benzene rings is 1. The van der Waals surface area contributed by atoms with Crippen molar-refractivity contribution < 1.29 is 17.6 Å². The van der Waals surface area contributed by atoms with Crippen molar-refractivity contribution in [3.05, 3.63) is 58.1 Å². The molecule has 2 heterocycles. The average Bonchev–Trinajstić information content (AvgIpc) is 2.45. The highest BCUT2D eigenvalue weighted by atomic mass is 35.5. The van der Waals surface area contributed by atoms with Gasteiger partial charge in [0.1, 0.15) is 0 Å². The van der Waals surface area contributed by atoms with Crippen LogP contribution in [0.1, 0.15) is 16.7 Å². The molecule has 1 aromatic heterocycles. The first kappa shape index (κ1) is 15.1. The van der Waals surface area contributed by atoms with Gasteiger partial charge in [0.2, 0.25) is 5.95 Å². The molecule has 0 atom stereocenters. The SMILES string of the molecule is Fc1cc2c(cn1)CCN(c1ccc(C(F)(F)F)c(Cl)c1)C2. The first-order chi connectivity index (χ1) is 10.3. The predicted octanol–water partition coefficient (Wildman–Crippen LogP) is 4.46. The van der Waals surface area contributed by atoms with E-state index in [0.29, 0.717) is 25.2 Å². The van der Waals surface area contributed by atoms with Crippen molar-refractivity contribution in [1.82, 2.24) is 4.98 Å². The van der Waals surface area contributed by atoms with Crippen LogP contribution in [-0.4, -0.2) is 11.5 Å². The Morgan fingerprint density at radius 1 is 1.14 bits per heavy atom. The number of pyridine rings is 1. The summed E-state index contributed by atoms with van der Waals surface area (Å²) in [6.07, 6.45) is -2.32. The molecule has 0 saturated heterocycles. The summed E-state index contributed by atoms with van der Waals surface area (Å²) in [5.41, 5.74) is 1.47. The molecule has 3 rings (SSSR count). The van der Waals surface area contributed by atoms with Crippen molar-refractivity contribution in [3.8, 4) is 0 Å². The maximum absolute atomic E-state index is 13.2. The van der Waals surface area contributed by atoms with E-state index in [-0.39, 0.29) is 5.02 Å². The molecule has 0 unspecified atom stereocenters. The first-order valence-electron chi connectivity index (χ1n) is 6.59. The van der Waals surface area contributed by atoms with Gasteiger partial charge in [0.25, 0.3) is 0 Å². The molecule has 1 aliphatic heterocycles. The smallest absolute Gasteiger partial charge is 0.367 e. The van der Waals surface area contributed by atoms with Crippen LogP contribution in [0, 0.1) is 5.95 Å². The van der Waals surface area contributed by atoms with Crippen molar-refractivity contribution in [1.29, 1.82) is 0 Å². The fourth-order valence-electron chi connectivity index (χ4n) is 2.56. The van der Waals surface area contributed by atoms with Crippen LogP contribution in [-0.2, 0) is 19.1 Å². The zero-order chi connectivity index (χ0) is 15.9. The van der Waals surface area contributed by atoms with Crippen LogP contribution in [0.25, 0.3) is 0 Å². The highest BCUT2D eigenvalue weighted by Crippen LogP contribution is 2.37. The number of alkyl halides is 3. The minimum absolute atomic E-state index is 0.336. The minimum Gasteiger partial charge on any atom is -0.367 e. The summed E-state index contributed by atoms with van der Waals surface area (Å²) in [5, 5.41) is -0.336. The second-order valence-electron chi connectivity index (χ2n) is 5.11. The van der Waals surface area contributed by atoms with Crippen molar-refractivity contribution in [2.45, 2.75) is 19.1 Å². The predicted molar refractivity (Wildman–Crippen MR) is 75.4 cm³/mol. The van der Waals surface area contributed by atoms with Crippen molar-refractivity contribution >= 4 is 17.3 Å². The highest BCUT2D eigenvalue weighted by Gasteiger charge is 2.33. The molecule has 7 heteroatoms. The number of aromatic nitrogens is 1. The van der Waals surface area contributed by atoms with E-state index in [4.69, 9.17) is 11.6 Å². The molecular formula is C15H11ClF4N2. The summed E-state index contributed by atoms with van der Waals surface area (Å²) in [4.78, 5) is 5.48. The molecule has 2 nitrogen and oxygen atoms in total. The van der Waals surface area contributed by atoms with E-state index in [1.165, 1.54) is 24.4 Å². The summed E-state index contributed by atoms with van der Waals surface area (Å²) >= 11 is 5.74. The fraction of sp³-hybridized carbons (Fsp3) is 0.267. The normalized spacial score (nSPS) is 14.9. The van der Waals surface area contributed by atoms with Gasteiger partial charge in [-0.1, -0.05) is 11.6 Å². The topological polar surface area (TPSA) is 16.1 Å². The molecule has 0 fully saturated rings. The molecule has 0 amide bonds. The lowest BCUT2D eigenvalue weighted by Gasteiger charge is -2.31. The number of nitrogens with zero attached hydrogens (tertiary/aromatic N) is 2. The summed E-state index contributed by atoms with van der Waals surface area (Å²) in [5.74, 6) is -0.564. The monoisotopic (exact) mass is 330 g/mol. The van der Waals surface area contributed by atoms with E-state index in [2.05, 4.69) is 4.98 Å². The van der Waals surface area contributed by atoms with E-state index in [1.54, 1.807) is 0 Å². The average molecular weight is 331 g/mol. The summed E-state index contributed by atoms with van der Waals surface area (Å²) in [7, 11) is 0. The second-order valence-corrected chi connectivity index (χ2v) is 5.52. The molecule has 22 heavy (non-hydrogen) atoms. The zero-order valence-corrected chi connectivity index (χ0v) is 12.0. The van der Waals surface area contributed by atoms with Gasteiger partial charge in [0.15, 0.2) is 0 Å². The van der Waals surface area contributed by atoms with Gasteiger partial charge in [-0.05, 0) is 41.8 Å². The molecule has 116 valence electrons. The molecule has 1 aliphatic rings. The minimum atomic E-state index is -4.47. The molecule has 2 aromatic rings. The van der Waals surface area contributed by atoms with E-state index in [1.807, 2.05) is 4.90 Å². The largest absolute Gasteiger partial charge is 0.417 e. The third-order valence-corrected chi connectivity index (χ3v) is 4.00. The Bertz CT molecular complexity index is 715. The lowest BCUT2D eigenvalue weighted by Crippen LogP contribution is -2.30. The molecule has 0 bridgehead atoms. The van der Waals surface area contributed by atoms with Gasteiger partial charge in [-0.2, -0.15) is 17.6 Å². The number of rotatable bonds is 1. The maximum atomic E-state index is 13.2. The first-order valence-corrected chi connectivity index (χ1v) is 6.97. The van der Waals surface area contributed by atoms with E-state index < -0.39 is 17.7 Å². The number of fused-ring (bicyclic) bond motifs is 1. The van der Waals surface area contributed by atoms with Crippen molar-refractivity contribution in [2.24, 2.45) is 0 Å². The van der Waals surface area contributed by atoms with Crippen molar-refractivity contribution in [3.63, 3.8) is 0 Å². The summed E-state index contributed by atoms with van der Waals surface area (Å²) in [6.45, 7) is 1.03. The van der Waals surface area contributed by atoms with Crippen LogP contribution in [0.15, 0.2) is 30.5 Å². The van der Waals surface area contributed by atoms with Crippen molar-refractivity contribution in [2.75, 3.05) is 11.4 Å². The van der Waals surface area contributed by atoms with E-state index in [9.17, 15) is 17.6 Å². The quantitative estimate of drug-likeness (QED) is 0.567. The van der Waals surface area contributed by atoms with Gasteiger partial charge < -0.3 is 4.90 Å². The lowest BCUT2D eigenvalue weighted by atomic mass is 10.0. The standard InChI is InChI=1S/C15H11ClF4N2/c16-13-6-11(1-2-12(13)15(18,19)20)22-4-3-9-7-21-14(17)5-10(9)8-22/h1-2,5-7H,3-4,8H2. The molecule has 0 aliphatic carbocycles. The Morgan fingerprint density at radius 2 is 1.91 bits per heavy atom. The number of hydrogen-bond acceptors (Lipinski definition) is 2. The zero-order valence-electron chi connectivity index (χ0n) is 11.3. The van der Waals surface area contributed by atoms with Crippen LogP contribution < -0.4 is 4.90 Å². The molecule has 0 radical (unpaired) electrons. The highest BCUT2D eigenvalue weighted by molar-refractivity contribution is 6.31. The Labute approximate surface area is 129 Å².